The van der Waals surface area contributed by atoms with E-state index < -0.39 is 0 Å². The predicted molar refractivity (Wildman–Crippen MR) is 148 cm³/mol. The van der Waals surface area contributed by atoms with E-state index in [0.717, 1.165) is 49.7 Å². The van der Waals surface area contributed by atoms with Crippen molar-refractivity contribution in [3.63, 3.8) is 0 Å². The van der Waals surface area contributed by atoms with E-state index in [2.05, 4.69) is 63.4 Å². The van der Waals surface area contributed by atoms with Crippen molar-refractivity contribution in [2.24, 2.45) is 0 Å². The lowest BCUT2D eigenvalue weighted by Crippen LogP contribution is -2.45. The summed E-state index contributed by atoms with van der Waals surface area (Å²) in [6, 6.07) is 30.5. The summed E-state index contributed by atoms with van der Waals surface area (Å²) in [4.78, 5) is 17.4. The first-order chi connectivity index (χ1) is 18.1. The van der Waals surface area contributed by atoms with E-state index in [1.54, 1.807) is 0 Å². The number of aromatic nitrogens is 1. The fourth-order valence-corrected chi connectivity index (χ4v) is 4.84. The lowest BCUT2D eigenvalue weighted by molar-refractivity contribution is -0.117. The van der Waals surface area contributed by atoms with Crippen LogP contribution in [0.5, 0.6) is 11.5 Å². The first-order valence-corrected chi connectivity index (χ1v) is 12.9. The molecule has 6 nitrogen and oxygen atoms in total. The average Bonchev–Trinajstić information content (AvgIpc) is 3.46. The van der Waals surface area contributed by atoms with E-state index >= 15 is 0 Å². The quantitative estimate of drug-likeness (QED) is 0.319. The van der Waals surface area contributed by atoms with Gasteiger partial charge in [-0.3, -0.25) is 14.6 Å². The Labute approximate surface area is 219 Å². The number of amides is 1. The van der Waals surface area contributed by atoms with Crippen LogP contribution in [0.4, 0.5) is 5.69 Å². The number of nitrogens with zero attached hydrogens (tertiary/aromatic N) is 3. The van der Waals surface area contributed by atoms with E-state index in [4.69, 9.17) is 4.74 Å². The van der Waals surface area contributed by atoms with Crippen LogP contribution in [-0.4, -0.2) is 53.0 Å². The van der Waals surface area contributed by atoms with E-state index in [1.165, 1.54) is 11.3 Å². The smallest absolute Gasteiger partial charge is 0.238 e. The Kier molecular flexibility index (Phi) is 7.99. The first-order valence-electron chi connectivity index (χ1n) is 12.9. The Morgan fingerprint density at radius 2 is 1.51 bits per heavy atom. The molecule has 1 amide bonds. The molecule has 0 atom stereocenters. The van der Waals surface area contributed by atoms with Crippen molar-refractivity contribution in [1.29, 1.82) is 0 Å². The third-order valence-electron chi connectivity index (χ3n) is 6.94. The maximum Gasteiger partial charge on any atom is 0.238 e. The summed E-state index contributed by atoms with van der Waals surface area (Å²) < 4.78 is 7.94. The van der Waals surface area contributed by atoms with Crippen LogP contribution in [0, 0.1) is 0 Å². The monoisotopic (exact) mass is 494 g/mol. The number of carbonyl (C=O) groups excluding carboxylic acids is 1. The average molecular weight is 495 g/mol. The Balaban J connectivity index is 1.04. The van der Waals surface area contributed by atoms with E-state index in [-0.39, 0.29) is 5.91 Å². The van der Waals surface area contributed by atoms with Gasteiger partial charge in [-0.1, -0.05) is 30.3 Å². The minimum Gasteiger partial charge on any atom is -0.457 e. The van der Waals surface area contributed by atoms with Crippen LogP contribution in [0.3, 0.4) is 0 Å². The molecule has 1 saturated heterocycles. The van der Waals surface area contributed by atoms with Gasteiger partial charge in [0.25, 0.3) is 0 Å². The fourth-order valence-electron chi connectivity index (χ4n) is 4.84. The highest BCUT2D eigenvalue weighted by molar-refractivity contribution is 5.92. The summed E-state index contributed by atoms with van der Waals surface area (Å²) in [5.74, 6) is 1.53. The summed E-state index contributed by atoms with van der Waals surface area (Å²) >= 11 is 0. The fraction of sp³-hybridized carbons (Fsp3) is 0.258. The number of para-hydroxylation sites is 1. The highest BCUT2D eigenvalue weighted by atomic mass is 16.5. The number of nitrogens with one attached hydrogen (secondary N) is 1. The molecule has 4 aromatic rings. The van der Waals surface area contributed by atoms with Crippen molar-refractivity contribution in [2.75, 3.05) is 32.0 Å². The number of ether oxygens (including phenoxy) is 1. The van der Waals surface area contributed by atoms with E-state index in [0.29, 0.717) is 12.6 Å². The zero-order valence-electron chi connectivity index (χ0n) is 21.3. The number of carbonyl (C=O) groups is 1. The van der Waals surface area contributed by atoms with Crippen molar-refractivity contribution >= 4 is 11.6 Å². The highest BCUT2D eigenvalue weighted by Gasteiger charge is 2.23. The molecular weight excluding hydrogens is 460 g/mol. The molecule has 190 valence electrons. The maximum absolute atomic E-state index is 12.7. The summed E-state index contributed by atoms with van der Waals surface area (Å²) in [6.45, 7) is 3.43. The second-order valence-corrected chi connectivity index (χ2v) is 9.67. The Hall–Kier alpha value is -3.87. The molecular formula is C31H34N4O2. The van der Waals surface area contributed by atoms with Crippen molar-refractivity contribution in [3.8, 4) is 17.2 Å². The molecule has 1 aliphatic heterocycles. The van der Waals surface area contributed by atoms with Crippen LogP contribution >= 0.6 is 0 Å². The molecule has 0 saturated carbocycles. The predicted octanol–water partition coefficient (Wildman–Crippen LogP) is 5.80. The number of hydrogen-bond donors (Lipinski definition) is 1. The van der Waals surface area contributed by atoms with Crippen LogP contribution in [-0.2, 0) is 11.3 Å². The van der Waals surface area contributed by atoms with Gasteiger partial charge in [0, 0.05) is 36.4 Å². The number of likely N-dealkylation sites (N-methyl/N-ethyl adjacent to an activating group) is 1. The summed E-state index contributed by atoms with van der Waals surface area (Å²) in [5, 5.41) is 3.01. The number of benzene rings is 3. The number of anilines is 1. The number of rotatable bonds is 9. The number of likely N-dealkylation sites (tertiary alicyclic amines) is 1. The van der Waals surface area contributed by atoms with Crippen molar-refractivity contribution in [3.05, 3.63) is 109 Å². The minimum atomic E-state index is 0.00411. The molecule has 0 bridgehead atoms. The molecule has 6 heteroatoms. The Morgan fingerprint density at radius 3 is 2.19 bits per heavy atom. The van der Waals surface area contributed by atoms with Gasteiger partial charge in [-0.15, -0.1) is 0 Å². The third-order valence-corrected chi connectivity index (χ3v) is 6.94. The molecule has 0 unspecified atom stereocenters. The van der Waals surface area contributed by atoms with Gasteiger partial charge in [-0.25, -0.2) is 0 Å². The van der Waals surface area contributed by atoms with Crippen LogP contribution in [0.2, 0.25) is 0 Å². The highest BCUT2D eigenvalue weighted by Crippen LogP contribution is 2.23. The molecule has 1 aliphatic rings. The zero-order chi connectivity index (χ0) is 25.5. The molecule has 1 aromatic heterocycles. The summed E-state index contributed by atoms with van der Waals surface area (Å²) in [7, 11) is 2.05. The number of hydrogen-bond acceptors (Lipinski definition) is 4. The molecule has 2 heterocycles. The van der Waals surface area contributed by atoms with Crippen molar-refractivity contribution in [2.45, 2.75) is 25.4 Å². The molecule has 0 aliphatic carbocycles. The van der Waals surface area contributed by atoms with Crippen LogP contribution in [0.25, 0.3) is 5.69 Å². The molecule has 3 aromatic carbocycles. The lowest BCUT2D eigenvalue weighted by atomic mass is 10.0. The van der Waals surface area contributed by atoms with Gasteiger partial charge < -0.3 is 14.6 Å². The summed E-state index contributed by atoms with van der Waals surface area (Å²) in [6.07, 6.45) is 6.26. The molecule has 0 spiro atoms. The van der Waals surface area contributed by atoms with Crippen molar-refractivity contribution in [1.82, 2.24) is 14.4 Å². The second-order valence-electron chi connectivity index (χ2n) is 9.67. The topological polar surface area (TPSA) is 49.7 Å². The zero-order valence-corrected chi connectivity index (χ0v) is 21.3. The van der Waals surface area contributed by atoms with Crippen LogP contribution < -0.4 is 10.1 Å². The van der Waals surface area contributed by atoms with E-state index in [9.17, 15) is 4.79 Å². The minimum absolute atomic E-state index is 0.00411. The molecule has 0 radical (unpaired) electrons. The standard InChI is InChI=1S/C31H34N4O2/c1-33(24-31(36)32-26-11-15-30(16-12-26)37-29-7-3-2-4-8-29)27-17-21-34(22-18-27)23-25-9-13-28(14-10-25)35-19-5-6-20-35/h2-16,19-20,27H,17-18,21-24H2,1H3,(H,32,36). The SMILES string of the molecule is CN(CC(=O)Nc1ccc(Oc2ccccc2)cc1)C1CCN(Cc2ccc(-n3cccc3)cc2)CC1. The molecule has 37 heavy (non-hydrogen) atoms. The molecule has 1 fully saturated rings. The van der Waals surface area contributed by atoms with Gasteiger partial charge in [-0.2, -0.15) is 0 Å². The van der Waals surface area contributed by atoms with E-state index in [1.807, 2.05) is 66.7 Å². The molecule has 1 N–H and O–H groups in total. The van der Waals surface area contributed by atoms with Gasteiger partial charge in [0.2, 0.25) is 5.91 Å². The maximum atomic E-state index is 12.7. The Morgan fingerprint density at radius 1 is 0.865 bits per heavy atom. The van der Waals surface area contributed by atoms with Gasteiger partial charge in [0.15, 0.2) is 0 Å². The number of piperidine rings is 1. The van der Waals surface area contributed by atoms with Gasteiger partial charge >= 0.3 is 0 Å². The second kappa shape index (κ2) is 11.9. The summed E-state index contributed by atoms with van der Waals surface area (Å²) in [5.41, 5.74) is 3.29. The largest absolute Gasteiger partial charge is 0.457 e. The molecule has 5 rings (SSSR count). The van der Waals surface area contributed by atoms with Crippen molar-refractivity contribution < 1.29 is 9.53 Å². The Bertz CT molecular complexity index is 1250. The van der Waals surface area contributed by atoms with Crippen LogP contribution in [0.1, 0.15) is 18.4 Å². The first kappa shape index (κ1) is 24.8. The lowest BCUT2D eigenvalue weighted by Gasteiger charge is -2.36. The third kappa shape index (κ3) is 6.88. The van der Waals surface area contributed by atoms with Gasteiger partial charge in [-0.05, 0) is 99.2 Å². The van der Waals surface area contributed by atoms with Crippen LogP contribution in [0.15, 0.2) is 103 Å². The normalized spacial score (nSPS) is 14.5. The van der Waals surface area contributed by atoms with Gasteiger partial charge in [0.05, 0.1) is 6.54 Å². The van der Waals surface area contributed by atoms with Gasteiger partial charge in [0.1, 0.15) is 11.5 Å².